The Morgan fingerprint density at radius 1 is 1.06 bits per heavy atom. The lowest BCUT2D eigenvalue weighted by Gasteiger charge is -2.22. The van der Waals surface area contributed by atoms with E-state index in [1.807, 2.05) is 37.3 Å². The Hall–Kier alpha value is -3.43. The molecule has 4 aromatic rings. The van der Waals surface area contributed by atoms with E-state index < -0.39 is 5.92 Å². The summed E-state index contributed by atoms with van der Waals surface area (Å²) in [6.45, 7) is 1.83. The number of nitrogens with zero attached hydrogens (tertiary/aromatic N) is 3. The summed E-state index contributed by atoms with van der Waals surface area (Å²) >= 11 is 2.79. The van der Waals surface area contributed by atoms with Crippen molar-refractivity contribution >= 4 is 39.6 Å². The van der Waals surface area contributed by atoms with Crippen LogP contribution >= 0.6 is 22.7 Å². The second-order valence-electron chi connectivity index (χ2n) is 8.03. The van der Waals surface area contributed by atoms with Gasteiger partial charge >= 0.3 is 0 Å². The van der Waals surface area contributed by atoms with Crippen LogP contribution in [-0.4, -0.2) is 41.0 Å². The largest absolute Gasteiger partial charge is 0.345 e. The van der Waals surface area contributed by atoms with Crippen molar-refractivity contribution in [3.05, 3.63) is 88.0 Å². The molecule has 0 saturated heterocycles. The first-order chi connectivity index (χ1) is 16.3. The average Bonchev–Trinajstić information content (AvgIpc) is 3.51. The van der Waals surface area contributed by atoms with Crippen LogP contribution < -0.4 is 5.32 Å². The number of thiophene rings is 1. The minimum atomic E-state index is -0.489. The molecule has 0 aliphatic carbocycles. The lowest BCUT2D eigenvalue weighted by molar-refractivity contribution is -0.119. The molecular weight excluding hydrogens is 471 g/mol. The summed E-state index contributed by atoms with van der Waals surface area (Å²) in [5, 5.41) is 10.9. The lowest BCUT2D eigenvalue weighted by Crippen LogP contribution is -2.26. The first-order valence-electron chi connectivity index (χ1n) is 10.6. The van der Waals surface area contributed by atoms with Crippen LogP contribution in [0.1, 0.15) is 33.6 Å². The molecule has 0 aliphatic heterocycles. The molecule has 1 N–H and O–H groups in total. The van der Waals surface area contributed by atoms with Gasteiger partial charge in [0.05, 0.1) is 0 Å². The highest BCUT2D eigenvalue weighted by atomic mass is 32.1. The number of benzene rings is 2. The number of aromatic nitrogens is 2. The molecule has 9 heteroatoms. The maximum Gasteiger partial charge on any atom is 0.253 e. The minimum Gasteiger partial charge on any atom is -0.345 e. The molecule has 0 spiro atoms. The molecule has 0 aliphatic rings. The smallest absolute Gasteiger partial charge is 0.253 e. The standard InChI is InChI=1S/C25H23FN4O2S2/c1-15(23(31)28-25-29-27-14-33-25)22(18-5-4-6-19(26)13-18)21-12-11-20(34-21)16-7-9-17(10-8-16)24(32)30(2)3/h4-15,22H,1-3H3,(H,28,29,31)/t15-,22+/m0/s1. The van der Waals surface area contributed by atoms with E-state index in [0.717, 1.165) is 20.9 Å². The third kappa shape index (κ3) is 5.21. The summed E-state index contributed by atoms with van der Waals surface area (Å²) < 4.78 is 14.1. The van der Waals surface area contributed by atoms with Gasteiger partial charge in [-0.05, 0) is 47.5 Å². The van der Waals surface area contributed by atoms with Gasteiger partial charge in [-0.15, -0.1) is 21.5 Å². The van der Waals surface area contributed by atoms with Crippen molar-refractivity contribution < 1.29 is 14.0 Å². The molecule has 2 aromatic heterocycles. The first kappa shape index (κ1) is 23.7. The summed E-state index contributed by atoms with van der Waals surface area (Å²) in [5.74, 6) is -1.46. The predicted molar refractivity (Wildman–Crippen MR) is 134 cm³/mol. The van der Waals surface area contributed by atoms with Crippen molar-refractivity contribution in [1.82, 2.24) is 15.1 Å². The molecule has 6 nitrogen and oxygen atoms in total. The molecule has 34 heavy (non-hydrogen) atoms. The van der Waals surface area contributed by atoms with E-state index in [-0.39, 0.29) is 23.5 Å². The maximum atomic E-state index is 14.1. The quantitative estimate of drug-likeness (QED) is 0.367. The van der Waals surface area contributed by atoms with Crippen molar-refractivity contribution in [2.75, 3.05) is 19.4 Å². The highest BCUT2D eigenvalue weighted by Crippen LogP contribution is 2.40. The Morgan fingerprint density at radius 3 is 2.47 bits per heavy atom. The van der Waals surface area contributed by atoms with Crippen LogP contribution in [0, 0.1) is 11.7 Å². The molecule has 0 saturated carbocycles. The van der Waals surface area contributed by atoms with Gasteiger partial charge in [0, 0.05) is 41.2 Å². The Morgan fingerprint density at radius 2 is 1.82 bits per heavy atom. The molecule has 174 valence electrons. The number of halogens is 1. The van der Waals surface area contributed by atoms with Crippen molar-refractivity contribution in [3.63, 3.8) is 0 Å². The fourth-order valence-electron chi connectivity index (χ4n) is 3.71. The Labute approximate surface area is 205 Å². The number of hydrogen-bond acceptors (Lipinski definition) is 6. The number of rotatable bonds is 7. The number of hydrogen-bond donors (Lipinski definition) is 1. The van der Waals surface area contributed by atoms with Crippen LogP contribution in [0.3, 0.4) is 0 Å². The fourth-order valence-corrected chi connectivity index (χ4v) is 5.40. The third-order valence-corrected chi connectivity index (χ3v) is 7.29. The Balaban J connectivity index is 1.65. The van der Waals surface area contributed by atoms with Crippen molar-refractivity contribution in [2.24, 2.45) is 5.92 Å². The summed E-state index contributed by atoms with van der Waals surface area (Å²) in [6, 6.07) is 17.8. The van der Waals surface area contributed by atoms with Gasteiger partial charge in [-0.25, -0.2) is 4.39 Å². The molecular formula is C25H23FN4O2S2. The van der Waals surface area contributed by atoms with E-state index in [1.165, 1.54) is 28.4 Å². The first-order valence-corrected chi connectivity index (χ1v) is 12.3. The van der Waals surface area contributed by atoms with Crippen LogP contribution in [0.25, 0.3) is 10.4 Å². The lowest BCUT2D eigenvalue weighted by atomic mass is 9.85. The number of amides is 2. The average molecular weight is 495 g/mol. The van der Waals surface area contributed by atoms with Crippen LogP contribution in [0.4, 0.5) is 9.52 Å². The van der Waals surface area contributed by atoms with Crippen molar-refractivity contribution in [2.45, 2.75) is 12.8 Å². The van der Waals surface area contributed by atoms with Gasteiger partial charge in [0.15, 0.2) is 0 Å². The molecule has 2 aromatic carbocycles. The summed E-state index contributed by atoms with van der Waals surface area (Å²) in [4.78, 5) is 28.7. The van der Waals surface area contributed by atoms with Gasteiger partial charge in [-0.1, -0.05) is 42.5 Å². The minimum absolute atomic E-state index is 0.0557. The summed E-state index contributed by atoms with van der Waals surface area (Å²) in [6.07, 6.45) is 0. The molecule has 2 heterocycles. The zero-order valence-electron chi connectivity index (χ0n) is 18.9. The third-order valence-electron chi connectivity index (χ3n) is 5.47. The molecule has 0 bridgehead atoms. The van der Waals surface area contributed by atoms with Crippen molar-refractivity contribution in [1.29, 1.82) is 0 Å². The van der Waals surface area contributed by atoms with Crippen LogP contribution in [0.15, 0.2) is 66.2 Å². The van der Waals surface area contributed by atoms with E-state index in [4.69, 9.17) is 0 Å². The van der Waals surface area contributed by atoms with Gasteiger partial charge in [0.1, 0.15) is 11.3 Å². The molecule has 0 radical (unpaired) electrons. The van der Waals surface area contributed by atoms with E-state index in [0.29, 0.717) is 10.7 Å². The van der Waals surface area contributed by atoms with Gasteiger partial charge in [0.2, 0.25) is 11.0 Å². The van der Waals surface area contributed by atoms with E-state index in [9.17, 15) is 14.0 Å². The Bertz CT molecular complexity index is 1290. The van der Waals surface area contributed by atoms with E-state index >= 15 is 0 Å². The fraction of sp³-hybridized carbons (Fsp3) is 0.200. The van der Waals surface area contributed by atoms with Gasteiger partial charge in [0.25, 0.3) is 5.91 Å². The molecule has 2 atom stereocenters. The number of anilines is 1. The highest BCUT2D eigenvalue weighted by molar-refractivity contribution is 7.15. The second-order valence-corrected chi connectivity index (χ2v) is 9.98. The number of carbonyl (C=O) groups excluding carboxylic acids is 2. The normalized spacial score (nSPS) is 12.7. The molecule has 2 amide bonds. The van der Waals surface area contributed by atoms with Crippen LogP contribution in [0.2, 0.25) is 0 Å². The number of carbonyl (C=O) groups is 2. The van der Waals surface area contributed by atoms with E-state index in [2.05, 4.69) is 15.5 Å². The molecule has 0 unspecified atom stereocenters. The monoisotopic (exact) mass is 494 g/mol. The molecule has 4 rings (SSSR count). The highest BCUT2D eigenvalue weighted by Gasteiger charge is 2.29. The summed E-state index contributed by atoms with van der Waals surface area (Å²) in [5.41, 5.74) is 3.86. The molecule has 0 fully saturated rings. The van der Waals surface area contributed by atoms with Gasteiger partial charge in [-0.2, -0.15) is 0 Å². The van der Waals surface area contributed by atoms with Crippen LogP contribution in [0.5, 0.6) is 0 Å². The van der Waals surface area contributed by atoms with Crippen molar-refractivity contribution in [3.8, 4) is 10.4 Å². The Kier molecular flexibility index (Phi) is 7.14. The maximum absolute atomic E-state index is 14.1. The number of nitrogens with one attached hydrogen (secondary N) is 1. The van der Waals surface area contributed by atoms with Crippen LogP contribution in [-0.2, 0) is 4.79 Å². The summed E-state index contributed by atoms with van der Waals surface area (Å²) in [7, 11) is 3.44. The van der Waals surface area contributed by atoms with Gasteiger partial charge < -0.3 is 10.2 Å². The SMILES string of the molecule is C[C@H](C(=O)Nc1nncs1)[C@H](c1cccc(F)c1)c1ccc(-c2ccc(C(=O)N(C)C)cc2)s1. The predicted octanol–water partition coefficient (Wildman–Crippen LogP) is 5.51. The topological polar surface area (TPSA) is 75.2 Å². The zero-order chi connectivity index (χ0) is 24.2. The van der Waals surface area contributed by atoms with Gasteiger partial charge in [-0.3, -0.25) is 9.59 Å². The second kappa shape index (κ2) is 10.2. The zero-order valence-corrected chi connectivity index (χ0v) is 20.5. The van der Waals surface area contributed by atoms with E-state index in [1.54, 1.807) is 49.1 Å².